The summed E-state index contributed by atoms with van der Waals surface area (Å²) in [6, 6.07) is 14.1. The molecule has 4 rings (SSSR count). The van der Waals surface area contributed by atoms with Crippen LogP contribution in [0.2, 0.25) is 0 Å². The normalized spacial score (nSPS) is 19.3. The van der Waals surface area contributed by atoms with Crippen molar-refractivity contribution in [3.8, 4) is 0 Å². The molecule has 8 nitrogen and oxygen atoms in total. The molecule has 1 aliphatic rings. The van der Waals surface area contributed by atoms with E-state index < -0.39 is 30.4 Å². The Bertz CT molecular complexity index is 1340. The smallest absolute Gasteiger partial charge is 0.338 e. The van der Waals surface area contributed by atoms with Crippen LogP contribution in [0.3, 0.4) is 0 Å². The van der Waals surface area contributed by atoms with Crippen molar-refractivity contribution >= 4 is 24.2 Å². The molecule has 1 saturated heterocycles. The first kappa shape index (κ1) is 24.6. The number of nitrogens with one attached hydrogen (secondary N) is 1. The summed E-state index contributed by atoms with van der Waals surface area (Å²) >= 11 is 5.30. The molecule has 2 aromatic carbocycles. The first-order chi connectivity index (χ1) is 16.7. The van der Waals surface area contributed by atoms with Gasteiger partial charge < -0.3 is 14.2 Å². The number of nitrogens with zero attached hydrogens (tertiary/aromatic N) is 1. The van der Waals surface area contributed by atoms with Crippen LogP contribution in [-0.2, 0) is 14.2 Å². The van der Waals surface area contributed by atoms with E-state index in [1.54, 1.807) is 42.0 Å². The molecule has 0 amide bonds. The molecule has 0 bridgehead atoms. The molecule has 3 aromatic rings. The molecular weight excluding hydrogens is 468 g/mol. The minimum Gasteiger partial charge on any atom is -0.459 e. The van der Waals surface area contributed by atoms with E-state index in [0.29, 0.717) is 16.7 Å². The summed E-state index contributed by atoms with van der Waals surface area (Å²) in [5, 5.41) is 0. The van der Waals surface area contributed by atoms with Gasteiger partial charge in [-0.3, -0.25) is 14.3 Å². The molecule has 1 fully saturated rings. The average molecular weight is 495 g/mol. The minimum absolute atomic E-state index is 0.120. The maximum absolute atomic E-state index is 12.8. The molecule has 2 heterocycles. The van der Waals surface area contributed by atoms with Gasteiger partial charge in [0.1, 0.15) is 25.0 Å². The van der Waals surface area contributed by atoms with Crippen LogP contribution in [0.4, 0.5) is 0 Å². The maximum atomic E-state index is 12.8. The van der Waals surface area contributed by atoms with E-state index in [4.69, 9.17) is 26.4 Å². The molecule has 1 aromatic heterocycles. The van der Waals surface area contributed by atoms with E-state index in [-0.39, 0.29) is 23.4 Å². The van der Waals surface area contributed by atoms with Gasteiger partial charge in [-0.05, 0) is 57.3 Å². The molecule has 1 N–H and O–H groups in total. The molecule has 35 heavy (non-hydrogen) atoms. The summed E-state index contributed by atoms with van der Waals surface area (Å²) in [7, 11) is 0. The highest BCUT2D eigenvalue weighted by Gasteiger charge is 2.40. The minimum atomic E-state index is -0.724. The number of rotatable bonds is 6. The Morgan fingerprint density at radius 3 is 2.17 bits per heavy atom. The van der Waals surface area contributed by atoms with Gasteiger partial charge in [0.25, 0.3) is 5.56 Å². The monoisotopic (exact) mass is 494 g/mol. The maximum Gasteiger partial charge on any atom is 0.338 e. The molecule has 0 spiro atoms. The number of aromatic amines is 1. The number of carbonyl (C=O) groups excluding carboxylic acids is 2. The van der Waals surface area contributed by atoms with Crippen molar-refractivity contribution in [3.63, 3.8) is 0 Å². The number of ether oxygens (including phenoxy) is 3. The van der Waals surface area contributed by atoms with Crippen molar-refractivity contribution < 1.29 is 23.8 Å². The third-order valence-corrected chi connectivity index (χ3v) is 6.16. The fourth-order valence-corrected chi connectivity index (χ4v) is 4.03. The highest BCUT2D eigenvalue weighted by atomic mass is 32.1. The molecule has 0 unspecified atom stereocenters. The molecule has 3 atom stereocenters. The van der Waals surface area contributed by atoms with Crippen molar-refractivity contribution in [1.82, 2.24) is 9.55 Å². The number of esters is 2. The third-order valence-electron chi connectivity index (χ3n) is 5.85. The number of benzene rings is 2. The lowest BCUT2D eigenvalue weighted by atomic mass is 10.1. The lowest BCUT2D eigenvalue weighted by molar-refractivity contribution is -0.0578. The number of aryl methyl sites for hydroxylation is 3. The quantitative estimate of drug-likeness (QED) is 0.405. The van der Waals surface area contributed by atoms with Crippen LogP contribution in [0.25, 0.3) is 0 Å². The topological polar surface area (TPSA) is 99.6 Å². The van der Waals surface area contributed by atoms with Crippen molar-refractivity contribution in [3.05, 3.63) is 97.7 Å². The molecule has 1 aliphatic heterocycles. The molecule has 0 radical (unpaired) electrons. The lowest BCUT2D eigenvalue weighted by Gasteiger charge is -2.19. The van der Waals surface area contributed by atoms with Gasteiger partial charge in [-0.1, -0.05) is 35.4 Å². The van der Waals surface area contributed by atoms with E-state index in [1.807, 2.05) is 38.1 Å². The van der Waals surface area contributed by atoms with Crippen LogP contribution in [0.15, 0.2) is 59.5 Å². The Balaban J connectivity index is 1.53. The lowest BCUT2D eigenvalue weighted by Crippen LogP contribution is -2.32. The van der Waals surface area contributed by atoms with Gasteiger partial charge in [0.2, 0.25) is 0 Å². The van der Waals surface area contributed by atoms with Crippen molar-refractivity contribution in [2.75, 3.05) is 6.61 Å². The summed E-state index contributed by atoms with van der Waals surface area (Å²) in [6.07, 6.45) is -0.168. The summed E-state index contributed by atoms with van der Waals surface area (Å²) in [5.74, 6) is -1.01. The van der Waals surface area contributed by atoms with Gasteiger partial charge in [0, 0.05) is 18.2 Å². The summed E-state index contributed by atoms with van der Waals surface area (Å²) < 4.78 is 19.2. The first-order valence-electron chi connectivity index (χ1n) is 11.2. The van der Waals surface area contributed by atoms with Crippen LogP contribution < -0.4 is 5.56 Å². The van der Waals surface area contributed by atoms with Crippen LogP contribution >= 0.6 is 12.2 Å². The zero-order chi connectivity index (χ0) is 25.1. The van der Waals surface area contributed by atoms with Gasteiger partial charge in [0.05, 0.1) is 11.1 Å². The van der Waals surface area contributed by atoms with E-state index >= 15 is 0 Å². The van der Waals surface area contributed by atoms with E-state index in [2.05, 4.69) is 4.98 Å². The standard InChI is InChI=1S/C26H26N2O6S/c1-15-4-8-18(9-5-15)24(30)32-14-21-20(34-25(31)19-10-6-16(2)7-11-19)12-22(33-21)28-13-17(3)23(29)27-26(28)35/h4-11,13,20-22H,12,14H2,1-3H3,(H,27,29,35)/t20-,21+,22+/m0/s1. The largest absolute Gasteiger partial charge is 0.459 e. The van der Waals surface area contributed by atoms with Crippen LogP contribution in [-0.4, -0.2) is 40.3 Å². The van der Waals surface area contributed by atoms with Crippen molar-refractivity contribution in [2.45, 2.75) is 45.6 Å². The van der Waals surface area contributed by atoms with Crippen LogP contribution in [0, 0.1) is 25.5 Å². The highest BCUT2D eigenvalue weighted by Crippen LogP contribution is 2.32. The van der Waals surface area contributed by atoms with Gasteiger partial charge in [-0.15, -0.1) is 0 Å². The zero-order valence-corrected chi connectivity index (χ0v) is 20.5. The van der Waals surface area contributed by atoms with Crippen LogP contribution in [0.1, 0.15) is 50.1 Å². The Morgan fingerprint density at radius 1 is 1.00 bits per heavy atom. The average Bonchev–Trinajstić information content (AvgIpc) is 3.22. The summed E-state index contributed by atoms with van der Waals surface area (Å²) in [4.78, 5) is 39.8. The highest BCUT2D eigenvalue weighted by molar-refractivity contribution is 7.71. The van der Waals surface area contributed by atoms with Crippen LogP contribution in [0.5, 0.6) is 0 Å². The Kier molecular flexibility index (Phi) is 7.28. The number of carbonyl (C=O) groups is 2. The van der Waals surface area contributed by atoms with Crippen molar-refractivity contribution in [2.24, 2.45) is 0 Å². The first-order valence-corrected chi connectivity index (χ1v) is 11.6. The molecule has 9 heteroatoms. The Labute approximate surface area is 207 Å². The molecule has 0 saturated carbocycles. The SMILES string of the molecule is Cc1ccc(C(=O)OC[C@H]2O[C@@H](n3cc(C)c(=O)[nH]c3=S)C[C@@H]2OC(=O)c2ccc(C)cc2)cc1. The second-order valence-corrected chi connectivity index (χ2v) is 9.00. The predicted molar refractivity (Wildman–Crippen MR) is 131 cm³/mol. The van der Waals surface area contributed by atoms with Gasteiger partial charge >= 0.3 is 11.9 Å². The second kappa shape index (κ2) is 10.4. The number of hydrogen-bond donors (Lipinski definition) is 1. The van der Waals surface area contributed by atoms with Crippen molar-refractivity contribution in [1.29, 1.82) is 0 Å². The predicted octanol–water partition coefficient (Wildman–Crippen LogP) is 4.20. The third kappa shape index (κ3) is 5.75. The Hall–Kier alpha value is -3.56. The van der Waals surface area contributed by atoms with Gasteiger partial charge in [-0.2, -0.15) is 0 Å². The Morgan fingerprint density at radius 2 is 1.57 bits per heavy atom. The number of aromatic nitrogens is 2. The van der Waals surface area contributed by atoms with E-state index in [0.717, 1.165) is 11.1 Å². The molecule has 182 valence electrons. The number of H-pyrrole nitrogens is 1. The van der Waals surface area contributed by atoms with Gasteiger partial charge in [0.15, 0.2) is 4.77 Å². The van der Waals surface area contributed by atoms with Gasteiger partial charge in [-0.25, -0.2) is 9.59 Å². The van der Waals surface area contributed by atoms with E-state index in [9.17, 15) is 14.4 Å². The fourth-order valence-electron chi connectivity index (χ4n) is 3.77. The number of hydrogen-bond acceptors (Lipinski definition) is 7. The van der Waals surface area contributed by atoms with E-state index in [1.165, 1.54) is 0 Å². The fraction of sp³-hybridized carbons (Fsp3) is 0.308. The molecular formula is C26H26N2O6S. The summed E-state index contributed by atoms with van der Waals surface area (Å²) in [6.45, 7) is 5.40. The second-order valence-electron chi connectivity index (χ2n) is 8.62. The molecule has 0 aliphatic carbocycles. The zero-order valence-electron chi connectivity index (χ0n) is 19.6. The summed E-state index contributed by atoms with van der Waals surface area (Å²) in [5.41, 5.74) is 3.05.